The lowest BCUT2D eigenvalue weighted by Gasteiger charge is -2.08. The number of ether oxygens (including phenoxy) is 1. The topological polar surface area (TPSA) is 99.0 Å². The number of aryl methyl sites for hydroxylation is 2. The normalized spacial score (nSPS) is 11.2. The molecule has 0 aromatic carbocycles. The molecule has 0 saturated heterocycles. The van der Waals surface area contributed by atoms with Crippen molar-refractivity contribution in [3.8, 4) is 0 Å². The van der Waals surface area contributed by atoms with Crippen molar-refractivity contribution in [2.45, 2.75) is 59.2 Å². The Morgan fingerprint density at radius 1 is 1.21 bits per heavy atom. The zero-order valence-corrected chi connectivity index (χ0v) is 16.9. The maximum absolute atomic E-state index is 12.4. The summed E-state index contributed by atoms with van der Waals surface area (Å²) in [7, 11) is 0. The Kier molecular flexibility index (Phi) is 6.45. The van der Waals surface area contributed by atoms with Gasteiger partial charge in [0, 0.05) is 18.0 Å². The van der Waals surface area contributed by atoms with E-state index >= 15 is 0 Å². The standard InChI is InChI=1S/C19H24N4O4S/c1-3-5-9-23-17-16(18(25)21-19(23)26)22(8-4-2)14(20-17)12-27-15(24)11-13-7-6-10-28-13/h6-7,10H,3-5,8-9,11-12H2,1-2H3,(H,21,25,26). The fourth-order valence-corrected chi connectivity index (χ4v) is 3.76. The Morgan fingerprint density at radius 2 is 2.04 bits per heavy atom. The predicted molar refractivity (Wildman–Crippen MR) is 108 cm³/mol. The number of esters is 1. The van der Waals surface area contributed by atoms with E-state index in [2.05, 4.69) is 9.97 Å². The molecule has 0 saturated carbocycles. The number of carbonyl (C=O) groups is 1. The minimum atomic E-state index is -0.468. The molecule has 3 heterocycles. The van der Waals surface area contributed by atoms with Crippen LogP contribution in [-0.4, -0.2) is 25.1 Å². The number of aromatic nitrogens is 4. The van der Waals surface area contributed by atoms with Crippen LogP contribution >= 0.6 is 11.3 Å². The first-order chi connectivity index (χ1) is 13.5. The number of hydrogen-bond acceptors (Lipinski definition) is 6. The van der Waals surface area contributed by atoms with E-state index in [0.717, 1.165) is 24.1 Å². The molecule has 0 spiro atoms. The van der Waals surface area contributed by atoms with Crippen molar-refractivity contribution >= 4 is 28.5 Å². The number of hydrogen-bond donors (Lipinski definition) is 1. The summed E-state index contributed by atoms with van der Waals surface area (Å²) in [6, 6.07) is 3.76. The molecule has 3 rings (SSSR count). The van der Waals surface area contributed by atoms with Crippen molar-refractivity contribution in [1.29, 1.82) is 0 Å². The highest BCUT2D eigenvalue weighted by Gasteiger charge is 2.19. The highest BCUT2D eigenvalue weighted by molar-refractivity contribution is 7.10. The maximum Gasteiger partial charge on any atom is 0.330 e. The third kappa shape index (κ3) is 4.24. The second-order valence-electron chi connectivity index (χ2n) is 6.53. The van der Waals surface area contributed by atoms with E-state index in [1.165, 1.54) is 15.9 Å². The Labute approximate surface area is 165 Å². The number of imidazole rings is 1. The van der Waals surface area contributed by atoms with Crippen LogP contribution in [0.4, 0.5) is 0 Å². The van der Waals surface area contributed by atoms with Crippen molar-refractivity contribution in [2.75, 3.05) is 0 Å². The minimum Gasteiger partial charge on any atom is -0.457 e. The van der Waals surface area contributed by atoms with E-state index in [4.69, 9.17) is 4.74 Å². The molecular weight excluding hydrogens is 380 g/mol. The van der Waals surface area contributed by atoms with E-state index in [9.17, 15) is 14.4 Å². The molecule has 0 radical (unpaired) electrons. The van der Waals surface area contributed by atoms with Gasteiger partial charge in [0.05, 0.1) is 6.42 Å². The SMILES string of the molecule is CCCCn1c(=O)[nH]c(=O)c2c1nc(COC(=O)Cc1cccs1)n2CCC. The van der Waals surface area contributed by atoms with E-state index in [-0.39, 0.29) is 19.0 Å². The summed E-state index contributed by atoms with van der Waals surface area (Å²) in [5.41, 5.74) is -0.236. The van der Waals surface area contributed by atoms with Gasteiger partial charge in [0.2, 0.25) is 0 Å². The van der Waals surface area contributed by atoms with E-state index < -0.39 is 11.2 Å². The van der Waals surface area contributed by atoms with Gasteiger partial charge in [0.1, 0.15) is 12.4 Å². The van der Waals surface area contributed by atoms with E-state index in [1.54, 1.807) is 4.57 Å². The van der Waals surface area contributed by atoms with Gasteiger partial charge in [0.25, 0.3) is 5.56 Å². The van der Waals surface area contributed by atoms with Gasteiger partial charge >= 0.3 is 11.7 Å². The number of nitrogens with zero attached hydrogens (tertiary/aromatic N) is 3. The number of fused-ring (bicyclic) bond motifs is 1. The number of thiophene rings is 1. The summed E-state index contributed by atoms with van der Waals surface area (Å²) < 4.78 is 8.63. The third-order valence-corrected chi connectivity index (χ3v) is 5.28. The van der Waals surface area contributed by atoms with Crippen LogP contribution in [0.1, 0.15) is 43.8 Å². The summed E-state index contributed by atoms with van der Waals surface area (Å²) in [6.45, 7) is 4.99. The highest BCUT2D eigenvalue weighted by Crippen LogP contribution is 2.15. The second-order valence-corrected chi connectivity index (χ2v) is 7.57. The van der Waals surface area contributed by atoms with Crippen molar-refractivity contribution in [3.63, 3.8) is 0 Å². The minimum absolute atomic E-state index is 0.0414. The van der Waals surface area contributed by atoms with Gasteiger partial charge in [-0.25, -0.2) is 9.78 Å². The Balaban J connectivity index is 1.93. The molecule has 0 aliphatic carbocycles. The molecule has 0 unspecified atom stereocenters. The molecule has 150 valence electrons. The first-order valence-electron chi connectivity index (χ1n) is 9.45. The number of nitrogens with one attached hydrogen (secondary N) is 1. The molecule has 0 aliphatic rings. The number of carbonyl (C=O) groups excluding carboxylic acids is 1. The molecule has 9 heteroatoms. The van der Waals surface area contributed by atoms with Crippen LogP contribution in [0.3, 0.4) is 0 Å². The van der Waals surface area contributed by atoms with Crippen molar-refractivity contribution in [2.24, 2.45) is 0 Å². The van der Waals surface area contributed by atoms with Gasteiger partial charge in [-0.2, -0.15) is 0 Å². The van der Waals surface area contributed by atoms with Crippen LogP contribution in [-0.2, 0) is 35.6 Å². The van der Waals surface area contributed by atoms with E-state index in [1.807, 2.05) is 31.4 Å². The van der Waals surface area contributed by atoms with Crippen molar-refractivity contribution in [3.05, 3.63) is 49.1 Å². The monoisotopic (exact) mass is 404 g/mol. The summed E-state index contributed by atoms with van der Waals surface area (Å²) in [5.74, 6) is 0.118. The van der Waals surface area contributed by atoms with Crippen LogP contribution < -0.4 is 11.2 Å². The summed E-state index contributed by atoms with van der Waals surface area (Å²) in [4.78, 5) is 44.6. The molecule has 8 nitrogen and oxygen atoms in total. The number of aromatic amines is 1. The molecule has 0 atom stereocenters. The van der Waals surface area contributed by atoms with Crippen LogP contribution in [0.5, 0.6) is 0 Å². The van der Waals surface area contributed by atoms with Crippen LogP contribution in [0.2, 0.25) is 0 Å². The largest absolute Gasteiger partial charge is 0.457 e. The first kappa shape index (κ1) is 20.1. The molecule has 28 heavy (non-hydrogen) atoms. The summed E-state index contributed by atoms with van der Waals surface area (Å²) in [6.07, 6.45) is 2.69. The molecule has 0 bridgehead atoms. The maximum atomic E-state index is 12.4. The molecular formula is C19H24N4O4S. The molecule has 1 N–H and O–H groups in total. The molecule has 0 aliphatic heterocycles. The van der Waals surface area contributed by atoms with Crippen LogP contribution in [0, 0.1) is 0 Å². The lowest BCUT2D eigenvalue weighted by atomic mass is 10.3. The lowest BCUT2D eigenvalue weighted by molar-refractivity contribution is -0.144. The second kappa shape index (κ2) is 9.01. The summed E-state index contributed by atoms with van der Waals surface area (Å²) in [5, 5.41) is 1.91. The highest BCUT2D eigenvalue weighted by atomic mass is 32.1. The molecule has 3 aromatic heterocycles. The van der Waals surface area contributed by atoms with E-state index in [0.29, 0.717) is 30.1 Å². The first-order valence-corrected chi connectivity index (χ1v) is 10.3. The average molecular weight is 404 g/mol. The average Bonchev–Trinajstić information content (AvgIpc) is 3.28. The van der Waals surface area contributed by atoms with Gasteiger partial charge in [-0.1, -0.05) is 26.3 Å². The van der Waals surface area contributed by atoms with Crippen molar-refractivity contribution in [1.82, 2.24) is 19.1 Å². The zero-order chi connectivity index (χ0) is 20.1. The number of H-pyrrole nitrogens is 1. The fraction of sp³-hybridized carbons (Fsp3) is 0.474. The fourth-order valence-electron chi connectivity index (χ4n) is 3.07. The number of rotatable bonds is 9. The van der Waals surface area contributed by atoms with Crippen molar-refractivity contribution < 1.29 is 9.53 Å². The van der Waals surface area contributed by atoms with Gasteiger partial charge < -0.3 is 9.30 Å². The van der Waals surface area contributed by atoms with Gasteiger partial charge in [-0.05, 0) is 24.3 Å². The predicted octanol–water partition coefficient (Wildman–Crippen LogP) is 2.44. The van der Waals surface area contributed by atoms with Gasteiger partial charge in [-0.15, -0.1) is 11.3 Å². The van der Waals surface area contributed by atoms with Crippen LogP contribution in [0.25, 0.3) is 11.2 Å². The lowest BCUT2D eigenvalue weighted by Crippen LogP contribution is -2.31. The third-order valence-electron chi connectivity index (χ3n) is 4.41. The van der Waals surface area contributed by atoms with Crippen LogP contribution in [0.15, 0.2) is 27.1 Å². The summed E-state index contributed by atoms with van der Waals surface area (Å²) >= 11 is 1.50. The zero-order valence-electron chi connectivity index (χ0n) is 16.1. The van der Waals surface area contributed by atoms with Gasteiger partial charge in [0.15, 0.2) is 11.2 Å². The Bertz CT molecular complexity index is 1060. The molecule has 0 fully saturated rings. The van der Waals surface area contributed by atoms with Gasteiger partial charge in [-0.3, -0.25) is 19.1 Å². The Morgan fingerprint density at radius 3 is 2.71 bits per heavy atom. The molecule has 3 aromatic rings. The quantitative estimate of drug-likeness (QED) is 0.552. The number of unbranched alkanes of at least 4 members (excludes halogenated alkanes) is 1. The molecule has 0 amide bonds. The smallest absolute Gasteiger partial charge is 0.330 e. The Hall–Kier alpha value is -2.68.